The maximum Gasteiger partial charge on any atom is 0.250 e. The van der Waals surface area contributed by atoms with Crippen molar-refractivity contribution in [3.63, 3.8) is 0 Å². The van der Waals surface area contributed by atoms with E-state index in [-0.39, 0.29) is 24.3 Å². The Morgan fingerprint density at radius 3 is 2.50 bits per heavy atom. The summed E-state index contributed by atoms with van der Waals surface area (Å²) in [5, 5.41) is 2.16. The van der Waals surface area contributed by atoms with E-state index < -0.39 is 17.7 Å². The maximum absolute atomic E-state index is 11.2. The molecule has 2 heterocycles. The molecule has 1 aliphatic heterocycles. The number of hydrogen-bond acceptors (Lipinski definition) is 6. The average molecular weight is 249 g/mol. The minimum absolute atomic E-state index is 0.0130. The number of pyridine rings is 1. The van der Waals surface area contributed by atoms with Crippen LogP contribution in [-0.2, 0) is 9.59 Å². The van der Waals surface area contributed by atoms with Crippen LogP contribution >= 0.6 is 0 Å². The first-order chi connectivity index (χ1) is 8.47. The van der Waals surface area contributed by atoms with Gasteiger partial charge in [-0.2, -0.15) is 0 Å². The number of amides is 3. The van der Waals surface area contributed by atoms with Crippen LogP contribution in [0.1, 0.15) is 10.4 Å². The molecule has 1 aromatic rings. The third-order valence-electron chi connectivity index (χ3n) is 2.46. The molecule has 1 aromatic heterocycles. The number of carbonyl (C=O) groups is 3. The fourth-order valence-electron chi connectivity index (χ4n) is 1.64. The lowest BCUT2D eigenvalue weighted by atomic mass is 10.2. The van der Waals surface area contributed by atoms with Crippen LogP contribution in [0.4, 0.5) is 11.5 Å². The van der Waals surface area contributed by atoms with Gasteiger partial charge in [0, 0.05) is 0 Å². The van der Waals surface area contributed by atoms with Gasteiger partial charge < -0.3 is 16.4 Å². The molecule has 8 nitrogen and oxygen atoms in total. The molecular weight excluding hydrogens is 238 g/mol. The van der Waals surface area contributed by atoms with Crippen LogP contribution in [0.3, 0.4) is 0 Å². The molecule has 5 N–H and O–H groups in total. The number of imide groups is 1. The minimum atomic E-state index is -0.691. The molecule has 0 aliphatic carbocycles. The second kappa shape index (κ2) is 4.32. The minimum Gasteiger partial charge on any atom is -0.397 e. The zero-order chi connectivity index (χ0) is 13.3. The van der Waals surface area contributed by atoms with Gasteiger partial charge in [0.1, 0.15) is 5.82 Å². The van der Waals surface area contributed by atoms with Gasteiger partial charge >= 0.3 is 0 Å². The quantitative estimate of drug-likeness (QED) is 0.531. The molecule has 8 heteroatoms. The van der Waals surface area contributed by atoms with Crippen molar-refractivity contribution in [3.8, 4) is 0 Å². The Hall–Kier alpha value is -2.64. The first-order valence-corrected chi connectivity index (χ1v) is 5.10. The second-order valence-electron chi connectivity index (χ2n) is 3.82. The van der Waals surface area contributed by atoms with E-state index in [2.05, 4.69) is 10.3 Å². The second-order valence-corrected chi connectivity index (χ2v) is 3.82. The van der Waals surface area contributed by atoms with Crippen molar-refractivity contribution in [3.05, 3.63) is 17.8 Å². The number of primary amides is 1. The van der Waals surface area contributed by atoms with Gasteiger partial charge in [-0.1, -0.05) is 0 Å². The average Bonchev–Trinajstić information content (AvgIpc) is 2.27. The van der Waals surface area contributed by atoms with Crippen molar-refractivity contribution in [2.45, 2.75) is 0 Å². The Kier molecular flexibility index (Phi) is 2.84. The van der Waals surface area contributed by atoms with Crippen LogP contribution in [-0.4, -0.2) is 35.8 Å². The van der Waals surface area contributed by atoms with Crippen molar-refractivity contribution < 1.29 is 14.4 Å². The van der Waals surface area contributed by atoms with Gasteiger partial charge in [0.25, 0.3) is 5.91 Å². The van der Waals surface area contributed by atoms with E-state index in [0.717, 1.165) is 0 Å². The number of nitrogens with one attached hydrogen (secondary N) is 1. The van der Waals surface area contributed by atoms with Gasteiger partial charge in [-0.25, -0.2) is 4.98 Å². The number of nitrogens with two attached hydrogens (primary N) is 2. The number of hydrogen-bond donors (Lipinski definition) is 3. The number of rotatable bonds is 2. The molecule has 0 aromatic carbocycles. The van der Waals surface area contributed by atoms with Crippen molar-refractivity contribution in [1.29, 1.82) is 0 Å². The molecule has 1 aliphatic rings. The molecule has 1 saturated heterocycles. The normalized spacial score (nSPS) is 15.4. The summed E-state index contributed by atoms with van der Waals surface area (Å²) in [5.41, 5.74) is 11.0. The van der Waals surface area contributed by atoms with E-state index >= 15 is 0 Å². The van der Waals surface area contributed by atoms with E-state index in [4.69, 9.17) is 11.5 Å². The summed E-state index contributed by atoms with van der Waals surface area (Å²) in [6.07, 6.45) is 1.27. The topological polar surface area (TPSA) is 131 Å². The molecule has 1 fully saturated rings. The predicted molar refractivity (Wildman–Crippen MR) is 62.5 cm³/mol. The van der Waals surface area contributed by atoms with Crippen LogP contribution in [0.2, 0.25) is 0 Å². The molecular formula is C10H11N5O3. The van der Waals surface area contributed by atoms with Crippen LogP contribution in [0, 0.1) is 0 Å². The smallest absolute Gasteiger partial charge is 0.250 e. The number of carbonyl (C=O) groups excluding carboxylic acids is 3. The third-order valence-corrected chi connectivity index (χ3v) is 2.46. The lowest BCUT2D eigenvalue weighted by Gasteiger charge is -2.26. The van der Waals surface area contributed by atoms with E-state index in [1.165, 1.54) is 17.2 Å². The third kappa shape index (κ3) is 2.21. The fraction of sp³-hybridized carbons (Fsp3) is 0.200. The molecule has 3 amide bonds. The monoisotopic (exact) mass is 249 g/mol. The summed E-state index contributed by atoms with van der Waals surface area (Å²) in [7, 11) is 0. The van der Waals surface area contributed by atoms with E-state index in [0.29, 0.717) is 5.82 Å². The summed E-state index contributed by atoms with van der Waals surface area (Å²) in [4.78, 5) is 39.0. The predicted octanol–water partition coefficient (Wildman–Crippen LogP) is -1.77. The zero-order valence-corrected chi connectivity index (χ0v) is 9.34. The number of nitrogens with zero attached hydrogens (tertiary/aromatic N) is 2. The number of nitrogen functional groups attached to an aromatic ring is 1. The number of piperazine rings is 1. The van der Waals surface area contributed by atoms with Crippen LogP contribution in [0.25, 0.3) is 0 Å². The molecule has 94 valence electrons. The number of aromatic nitrogens is 1. The van der Waals surface area contributed by atoms with Gasteiger partial charge in [0.15, 0.2) is 0 Å². The molecule has 0 spiro atoms. The van der Waals surface area contributed by atoms with E-state index in [1.54, 1.807) is 0 Å². The Morgan fingerprint density at radius 1 is 1.33 bits per heavy atom. The highest BCUT2D eigenvalue weighted by molar-refractivity contribution is 6.03. The largest absolute Gasteiger partial charge is 0.397 e. The molecule has 0 radical (unpaired) electrons. The van der Waals surface area contributed by atoms with Crippen molar-refractivity contribution >= 4 is 29.2 Å². The highest BCUT2D eigenvalue weighted by atomic mass is 16.2. The highest BCUT2D eigenvalue weighted by Gasteiger charge is 2.24. The highest BCUT2D eigenvalue weighted by Crippen LogP contribution is 2.18. The molecule has 2 rings (SSSR count). The van der Waals surface area contributed by atoms with Gasteiger partial charge in [-0.3, -0.25) is 19.7 Å². The van der Waals surface area contributed by atoms with Crippen LogP contribution in [0.5, 0.6) is 0 Å². The van der Waals surface area contributed by atoms with Crippen molar-refractivity contribution in [2.24, 2.45) is 5.73 Å². The first-order valence-electron chi connectivity index (χ1n) is 5.10. The molecule has 18 heavy (non-hydrogen) atoms. The SMILES string of the molecule is NC(=O)c1cc(N2CC(=O)NC(=O)C2)ncc1N. The Labute approximate surface area is 102 Å². The lowest BCUT2D eigenvalue weighted by Crippen LogP contribution is -2.51. The summed E-state index contributed by atoms with van der Waals surface area (Å²) in [6, 6.07) is 1.36. The Bertz CT molecular complexity index is 526. The van der Waals surface area contributed by atoms with Crippen LogP contribution in [0.15, 0.2) is 12.3 Å². The summed E-state index contributed by atoms with van der Waals surface area (Å²) in [5.74, 6) is -1.24. The Balaban J connectivity index is 2.33. The molecule has 0 bridgehead atoms. The first kappa shape index (κ1) is 11.8. The maximum atomic E-state index is 11.2. The summed E-state index contributed by atoms with van der Waals surface area (Å²) >= 11 is 0. The Morgan fingerprint density at radius 2 is 1.94 bits per heavy atom. The number of anilines is 2. The fourth-order valence-corrected chi connectivity index (χ4v) is 1.64. The molecule has 0 saturated carbocycles. The molecule has 0 atom stereocenters. The van der Waals surface area contributed by atoms with Crippen LogP contribution < -0.4 is 21.7 Å². The summed E-state index contributed by atoms with van der Waals surface area (Å²) in [6.45, 7) is -0.0261. The van der Waals surface area contributed by atoms with Crippen molar-refractivity contribution in [2.75, 3.05) is 23.7 Å². The van der Waals surface area contributed by atoms with Gasteiger partial charge in [0.05, 0.1) is 30.5 Å². The lowest BCUT2D eigenvalue weighted by molar-refractivity contribution is -0.130. The van der Waals surface area contributed by atoms with Gasteiger partial charge in [-0.15, -0.1) is 0 Å². The van der Waals surface area contributed by atoms with Crippen molar-refractivity contribution in [1.82, 2.24) is 10.3 Å². The van der Waals surface area contributed by atoms with Gasteiger partial charge in [-0.05, 0) is 6.07 Å². The zero-order valence-electron chi connectivity index (χ0n) is 9.34. The summed E-state index contributed by atoms with van der Waals surface area (Å²) < 4.78 is 0. The van der Waals surface area contributed by atoms with Gasteiger partial charge in [0.2, 0.25) is 11.8 Å². The standard InChI is InChI=1S/C10H11N5O3/c11-6-2-13-7(1-5(6)10(12)18)15-3-8(16)14-9(17)4-15/h1-2H,3-4,11H2,(H2,12,18)(H,14,16,17). The molecule has 0 unspecified atom stereocenters. The van der Waals surface area contributed by atoms with E-state index in [1.807, 2.05) is 0 Å². The van der Waals surface area contributed by atoms with E-state index in [9.17, 15) is 14.4 Å².